The van der Waals surface area contributed by atoms with Crippen molar-refractivity contribution < 1.29 is 4.79 Å². The number of fused-ring (bicyclic) bond motifs is 3. The van der Waals surface area contributed by atoms with Crippen LogP contribution in [0.3, 0.4) is 0 Å². The summed E-state index contributed by atoms with van der Waals surface area (Å²) in [6, 6.07) is 10.2. The van der Waals surface area contributed by atoms with Gasteiger partial charge in [0.25, 0.3) is 5.91 Å². The molecule has 3 nitrogen and oxygen atoms in total. The molecule has 0 spiro atoms. The van der Waals surface area contributed by atoms with Crippen LogP contribution in [0.25, 0.3) is 0 Å². The molecular weight excluding hydrogens is 212 g/mol. The molecule has 4 atom stereocenters. The first-order chi connectivity index (χ1) is 8.27. The van der Waals surface area contributed by atoms with Crippen LogP contribution in [-0.2, 0) is 0 Å². The van der Waals surface area contributed by atoms with Crippen molar-refractivity contribution in [2.75, 3.05) is 0 Å². The highest BCUT2D eigenvalue weighted by Crippen LogP contribution is 2.51. The number of benzene rings is 1. The van der Waals surface area contributed by atoms with Gasteiger partial charge in [-0.05, 0) is 17.5 Å². The normalized spacial score (nSPS) is 33.8. The monoisotopic (exact) mass is 226 g/mol. The van der Waals surface area contributed by atoms with E-state index in [1.54, 1.807) is 0 Å². The van der Waals surface area contributed by atoms with Crippen molar-refractivity contribution in [3.8, 4) is 6.07 Å². The summed E-state index contributed by atoms with van der Waals surface area (Å²) in [5, 5.41) is 12.3. The molecule has 86 valence electrons. The molecule has 1 saturated carbocycles. The Morgan fingerprint density at radius 1 is 1.41 bits per heavy atom. The lowest BCUT2D eigenvalue weighted by Gasteiger charge is -2.52. The summed E-state index contributed by atoms with van der Waals surface area (Å²) in [5.41, 5.74) is 1.79. The maximum absolute atomic E-state index is 11.9. The van der Waals surface area contributed by atoms with E-state index in [1.165, 1.54) is 0 Å². The summed E-state index contributed by atoms with van der Waals surface area (Å²) in [6.07, 6.45) is 0.946. The molecule has 1 aliphatic heterocycles. The molecule has 0 saturated heterocycles. The number of amides is 1. The summed E-state index contributed by atoms with van der Waals surface area (Å²) in [7, 11) is 0. The highest BCUT2D eigenvalue weighted by Gasteiger charge is 2.53. The smallest absolute Gasteiger partial charge is 0.251 e. The minimum absolute atomic E-state index is 0.0108. The Morgan fingerprint density at radius 3 is 2.88 bits per heavy atom. The maximum atomic E-state index is 11.9. The van der Waals surface area contributed by atoms with Crippen molar-refractivity contribution in [1.29, 1.82) is 5.26 Å². The van der Waals surface area contributed by atoms with E-state index in [9.17, 15) is 10.1 Å². The molecule has 17 heavy (non-hydrogen) atoms. The standard InChI is InChI=1S/C14H14N2O/c1-2-8-11(7-15)12-9-5-3-4-6-10(9)14(17)16-13(8)12/h3-6,8,11-13H,2H2,1H3,(H,16,17)/t8-,11-,12+,13-/m0/s1. The second-order valence-electron chi connectivity index (χ2n) is 4.84. The number of hydrogen-bond donors (Lipinski definition) is 1. The number of carbonyl (C=O) groups excluding carboxylic acids is 1. The Balaban J connectivity index is 2.06. The van der Waals surface area contributed by atoms with Crippen LogP contribution in [0.5, 0.6) is 0 Å². The summed E-state index contributed by atoms with van der Waals surface area (Å²) >= 11 is 0. The molecule has 1 amide bonds. The zero-order valence-electron chi connectivity index (χ0n) is 9.68. The minimum atomic E-state index is 0.0108. The lowest BCUT2D eigenvalue weighted by atomic mass is 9.56. The molecule has 3 heteroatoms. The van der Waals surface area contributed by atoms with E-state index in [-0.39, 0.29) is 23.8 Å². The summed E-state index contributed by atoms with van der Waals surface area (Å²) in [6.45, 7) is 2.08. The third-order valence-corrected chi connectivity index (χ3v) is 4.18. The van der Waals surface area contributed by atoms with Gasteiger partial charge in [0.05, 0.1) is 12.0 Å². The van der Waals surface area contributed by atoms with Crippen LogP contribution in [0, 0.1) is 23.2 Å². The SMILES string of the molecule is CC[C@H]1[C@H](C#N)[C@H]2c3ccccc3C(=O)N[C@@H]12. The average Bonchev–Trinajstić information content (AvgIpc) is 2.34. The van der Waals surface area contributed by atoms with Gasteiger partial charge in [-0.3, -0.25) is 4.79 Å². The predicted molar refractivity (Wildman–Crippen MR) is 63.3 cm³/mol. The second-order valence-corrected chi connectivity index (χ2v) is 4.84. The molecule has 0 unspecified atom stereocenters. The zero-order chi connectivity index (χ0) is 12.0. The molecule has 1 N–H and O–H groups in total. The van der Waals surface area contributed by atoms with Gasteiger partial charge in [-0.15, -0.1) is 0 Å². The largest absolute Gasteiger partial charge is 0.348 e. The summed E-state index contributed by atoms with van der Waals surface area (Å²) < 4.78 is 0. The Morgan fingerprint density at radius 2 is 2.18 bits per heavy atom. The van der Waals surface area contributed by atoms with Crippen LogP contribution in [0.4, 0.5) is 0 Å². The fraction of sp³-hybridized carbons (Fsp3) is 0.429. The number of rotatable bonds is 1. The highest BCUT2D eigenvalue weighted by molar-refractivity contribution is 5.97. The molecule has 3 rings (SSSR count). The first kappa shape index (κ1) is 10.3. The minimum Gasteiger partial charge on any atom is -0.348 e. The van der Waals surface area contributed by atoms with E-state index < -0.39 is 0 Å². The first-order valence-electron chi connectivity index (χ1n) is 6.07. The molecule has 1 aliphatic carbocycles. The van der Waals surface area contributed by atoms with Gasteiger partial charge in [0.1, 0.15) is 0 Å². The van der Waals surface area contributed by atoms with Crippen LogP contribution in [0.2, 0.25) is 0 Å². The van der Waals surface area contributed by atoms with E-state index in [2.05, 4.69) is 18.3 Å². The fourth-order valence-electron chi connectivity index (χ4n) is 3.33. The molecule has 1 aromatic rings. The second kappa shape index (κ2) is 3.59. The van der Waals surface area contributed by atoms with Crippen LogP contribution >= 0.6 is 0 Å². The van der Waals surface area contributed by atoms with Gasteiger partial charge in [0.2, 0.25) is 0 Å². The van der Waals surface area contributed by atoms with Gasteiger partial charge in [-0.2, -0.15) is 5.26 Å². The first-order valence-corrected chi connectivity index (χ1v) is 6.07. The summed E-state index contributed by atoms with van der Waals surface area (Å²) in [4.78, 5) is 11.9. The van der Waals surface area contributed by atoms with Gasteiger partial charge in [-0.1, -0.05) is 31.5 Å². The zero-order valence-corrected chi connectivity index (χ0v) is 9.68. The molecule has 0 radical (unpaired) electrons. The molecule has 1 aromatic carbocycles. The van der Waals surface area contributed by atoms with Gasteiger partial charge < -0.3 is 5.32 Å². The van der Waals surface area contributed by atoms with Crippen molar-refractivity contribution in [2.45, 2.75) is 25.3 Å². The lowest BCUT2D eigenvalue weighted by Crippen LogP contribution is -2.60. The van der Waals surface area contributed by atoms with Crippen molar-refractivity contribution in [1.82, 2.24) is 5.32 Å². The van der Waals surface area contributed by atoms with E-state index >= 15 is 0 Å². The number of nitriles is 1. The van der Waals surface area contributed by atoms with E-state index in [0.29, 0.717) is 5.92 Å². The molecular formula is C14H14N2O. The quantitative estimate of drug-likeness (QED) is 0.796. The van der Waals surface area contributed by atoms with Crippen molar-refractivity contribution in [3.05, 3.63) is 35.4 Å². The molecule has 0 aromatic heterocycles. The van der Waals surface area contributed by atoms with Crippen LogP contribution in [0.1, 0.15) is 35.2 Å². The van der Waals surface area contributed by atoms with Gasteiger partial charge >= 0.3 is 0 Å². The molecule has 1 fully saturated rings. The Labute approximate surface area is 100 Å². The van der Waals surface area contributed by atoms with Gasteiger partial charge in [-0.25, -0.2) is 0 Å². The number of nitrogens with one attached hydrogen (secondary N) is 1. The van der Waals surface area contributed by atoms with Crippen molar-refractivity contribution >= 4 is 5.91 Å². The highest BCUT2D eigenvalue weighted by atomic mass is 16.1. The van der Waals surface area contributed by atoms with E-state index in [0.717, 1.165) is 17.5 Å². The Bertz CT molecular complexity index is 517. The number of carbonyl (C=O) groups is 1. The molecule has 0 bridgehead atoms. The van der Waals surface area contributed by atoms with Crippen LogP contribution in [0.15, 0.2) is 24.3 Å². The molecule has 2 aliphatic rings. The summed E-state index contributed by atoms with van der Waals surface area (Å²) in [5.74, 6) is 0.560. The third-order valence-electron chi connectivity index (χ3n) is 4.18. The van der Waals surface area contributed by atoms with Crippen LogP contribution < -0.4 is 5.32 Å². The van der Waals surface area contributed by atoms with E-state index in [4.69, 9.17) is 0 Å². The van der Waals surface area contributed by atoms with Crippen LogP contribution in [-0.4, -0.2) is 11.9 Å². The third kappa shape index (κ3) is 1.24. The van der Waals surface area contributed by atoms with E-state index in [1.807, 2.05) is 24.3 Å². The Kier molecular flexibility index (Phi) is 2.19. The number of nitrogens with zero attached hydrogens (tertiary/aromatic N) is 1. The topological polar surface area (TPSA) is 52.9 Å². The predicted octanol–water partition coefficient (Wildman–Crippen LogP) is 2.06. The fourth-order valence-corrected chi connectivity index (χ4v) is 3.33. The van der Waals surface area contributed by atoms with Gasteiger partial charge in [0.15, 0.2) is 0 Å². The average molecular weight is 226 g/mol. The number of hydrogen-bond acceptors (Lipinski definition) is 2. The van der Waals surface area contributed by atoms with Gasteiger partial charge in [0, 0.05) is 17.5 Å². The van der Waals surface area contributed by atoms with Crippen molar-refractivity contribution in [3.63, 3.8) is 0 Å². The lowest BCUT2D eigenvalue weighted by molar-refractivity contribution is 0.0649. The molecule has 1 heterocycles. The maximum Gasteiger partial charge on any atom is 0.251 e. The van der Waals surface area contributed by atoms with Crippen molar-refractivity contribution in [2.24, 2.45) is 11.8 Å². The Hall–Kier alpha value is -1.82.